The SMILES string of the molecule is CC[C@H](C)[C@@H]([C@@H](CC(=O)N1CCC[C@H]1[C@H](OC)[C@@H](C)C(=O)N[C@@H](Cc1ccccc1)Cn1cc(C(=O)O)nn1)OC)N(C)C(=O)[C@@H](NC(=O)[C@H](C(C)C)N(C)C)C(C)C. The second-order valence-corrected chi connectivity index (χ2v) is 17.0. The molecule has 0 spiro atoms. The van der Waals surface area contributed by atoms with Crippen LogP contribution < -0.4 is 10.6 Å². The van der Waals surface area contributed by atoms with E-state index in [4.69, 9.17) is 9.47 Å². The molecule has 9 atom stereocenters. The van der Waals surface area contributed by atoms with Gasteiger partial charge >= 0.3 is 5.97 Å². The van der Waals surface area contributed by atoms with E-state index in [-0.39, 0.29) is 66.1 Å². The number of carboxylic acid groups (broad SMARTS) is 1. The van der Waals surface area contributed by atoms with Gasteiger partial charge in [0.1, 0.15) is 6.04 Å². The third-order valence-electron chi connectivity index (χ3n) is 11.8. The Morgan fingerprint density at radius 1 is 0.932 bits per heavy atom. The van der Waals surface area contributed by atoms with Gasteiger partial charge in [0.25, 0.3) is 0 Å². The number of carboxylic acids is 1. The molecule has 1 aromatic heterocycles. The number of likely N-dealkylation sites (tertiary alicyclic amines) is 1. The first kappa shape index (κ1) is 49.0. The van der Waals surface area contributed by atoms with Gasteiger partial charge in [0.05, 0.1) is 61.5 Å². The Labute approximate surface area is 350 Å². The number of likely N-dealkylation sites (N-methyl/N-ethyl adjacent to an activating group) is 2. The van der Waals surface area contributed by atoms with Gasteiger partial charge in [-0.2, -0.15) is 0 Å². The molecule has 1 aromatic carbocycles. The highest BCUT2D eigenvalue weighted by molar-refractivity contribution is 5.90. The largest absolute Gasteiger partial charge is 0.476 e. The van der Waals surface area contributed by atoms with Crippen molar-refractivity contribution in [2.75, 3.05) is 41.9 Å². The lowest BCUT2D eigenvalue weighted by Gasteiger charge is -2.41. The fourth-order valence-corrected chi connectivity index (χ4v) is 8.52. The van der Waals surface area contributed by atoms with Crippen LogP contribution in [-0.4, -0.2) is 149 Å². The highest BCUT2D eigenvalue weighted by Gasteiger charge is 2.43. The standard InChI is InChI=1S/C43H70N8O8/c1-13-28(6)38(49(10)42(55)36(26(2)3)45-41(54)37(27(4)5)48(8)9)34(58-11)23-35(52)51-21-17-20-33(51)39(59-12)29(7)40(53)44-31(22-30-18-15-14-16-19-30)24-50-25-32(43(56)57)46-47-50/h14-16,18-19,25-29,31,33-34,36-39H,13,17,20-24H2,1-12H3,(H,44,53)(H,45,54)(H,56,57)/t28-,29+,31-,33-,34+,36-,37-,38-,39+/m0/s1. The van der Waals surface area contributed by atoms with Gasteiger partial charge in [-0.25, -0.2) is 9.48 Å². The molecular formula is C43H70N8O8. The van der Waals surface area contributed by atoms with E-state index in [1.165, 1.54) is 10.9 Å². The number of rotatable bonds is 23. The van der Waals surface area contributed by atoms with Crippen LogP contribution in [0.5, 0.6) is 0 Å². The summed E-state index contributed by atoms with van der Waals surface area (Å²) >= 11 is 0. The molecule has 16 heteroatoms. The number of methoxy groups -OCH3 is 2. The van der Waals surface area contributed by atoms with E-state index in [1.54, 1.807) is 38.0 Å². The minimum absolute atomic E-state index is 0.000776. The number of carbonyl (C=O) groups excluding carboxylic acids is 4. The second kappa shape index (κ2) is 22.8. The number of nitrogens with zero attached hydrogens (tertiary/aromatic N) is 6. The van der Waals surface area contributed by atoms with Crippen molar-refractivity contribution in [2.45, 2.75) is 130 Å². The molecule has 4 amide bonds. The van der Waals surface area contributed by atoms with Crippen LogP contribution >= 0.6 is 0 Å². The second-order valence-electron chi connectivity index (χ2n) is 17.0. The number of aromatic carboxylic acids is 1. The molecule has 3 N–H and O–H groups in total. The number of ether oxygens (including phenoxy) is 2. The van der Waals surface area contributed by atoms with E-state index in [0.29, 0.717) is 19.4 Å². The smallest absolute Gasteiger partial charge is 0.358 e. The van der Waals surface area contributed by atoms with Crippen LogP contribution in [0.2, 0.25) is 0 Å². The highest BCUT2D eigenvalue weighted by Crippen LogP contribution is 2.30. The first-order chi connectivity index (χ1) is 27.9. The van der Waals surface area contributed by atoms with Crippen molar-refractivity contribution in [1.29, 1.82) is 0 Å². The van der Waals surface area contributed by atoms with Gasteiger partial charge in [-0.1, -0.05) is 90.4 Å². The summed E-state index contributed by atoms with van der Waals surface area (Å²) in [6.07, 6.45) is 2.59. The first-order valence-electron chi connectivity index (χ1n) is 20.9. The van der Waals surface area contributed by atoms with Crippen LogP contribution in [0.25, 0.3) is 0 Å². The van der Waals surface area contributed by atoms with E-state index in [0.717, 1.165) is 18.4 Å². The number of hydrogen-bond acceptors (Lipinski definition) is 10. The van der Waals surface area contributed by atoms with Crippen molar-refractivity contribution in [2.24, 2.45) is 23.7 Å². The monoisotopic (exact) mass is 827 g/mol. The van der Waals surface area contributed by atoms with Gasteiger partial charge in [-0.05, 0) is 56.7 Å². The average molecular weight is 827 g/mol. The summed E-state index contributed by atoms with van der Waals surface area (Å²) in [4.78, 5) is 72.8. The van der Waals surface area contributed by atoms with Crippen molar-refractivity contribution < 1.29 is 38.6 Å². The zero-order valence-corrected chi connectivity index (χ0v) is 37.3. The fraction of sp³-hybridized carbons (Fsp3) is 0.698. The van der Waals surface area contributed by atoms with Crippen molar-refractivity contribution in [1.82, 2.24) is 40.3 Å². The van der Waals surface area contributed by atoms with Gasteiger partial charge in [0, 0.05) is 27.8 Å². The van der Waals surface area contributed by atoms with Crippen LogP contribution in [0.4, 0.5) is 0 Å². The van der Waals surface area contributed by atoms with E-state index in [2.05, 4.69) is 20.9 Å². The normalized spacial score (nSPS) is 18.5. The van der Waals surface area contributed by atoms with E-state index < -0.39 is 48.3 Å². The average Bonchev–Trinajstić information content (AvgIpc) is 3.87. The van der Waals surface area contributed by atoms with E-state index in [9.17, 15) is 29.1 Å². The Hall–Kier alpha value is -4.41. The molecule has 1 saturated heterocycles. The summed E-state index contributed by atoms with van der Waals surface area (Å²) in [6.45, 7) is 14.3. The number of nitrogens with one attached hydrogen (secondary N) is 2. The number of carbonyl (C=O) groups is 5. The molecule has 16 nitrogen and oxygen atoms in total. The summed E-state index contributed by atoms with van der Waals surface area (Å²) < 4.78 is 13.5. The third kappa shape index (κ3) is 13.0. The predicted octanol–water partition coefficient (Wildman–Crippen LogP) is 3.35. The van der Waals surface area contributed by atoms with Gasteiger partial charge < -0.3 is 35.0 Å². The maximum Gasteiger partial charge on any atom is 0.358 e. The quantitative estimate of drug-likeness (QED) is 0.149. The van der Waals surface area contributed by atoms with Gasteiger partial charge in [0.2, 0.25) is 23.6 Å². The molecule has 330 valence electrons. The van der Waals surface area contributed by atoms with Crippen LogP contribution in [0.15, 0.2) is 36.5 Å². The predicted molar refractivity (Wildman–Crippen MR) is 224 cm³/mol. The summed E-state index contributed by atoms with van der Waals surface area (Å²) in [5, 5.41) is 23.2. The molecule has 1 aliphatic rings. The molecule has 1 fully saturated rings. The van der Waals surface area contributed by atoms with E-state index in [1.807, 2.05) is 90.9 Å². The molecule has 0 radical (unpaired) electrons. The zero-order valence-electron chi connectivity index (χ0n) is 37.3. The minimum atomic E-state index is -1.19. The minimum Gasteiger partial charge on any atom is -0.476 e. The molecule has 3 rings (SSSR count). The third-order valence-corrected chi connectivity index (χ3v) is 11.8. The molecule has 0 saturated carbocycles. The molecule has 59 heavy (non-hydrogen) atoms. The molecule has 1 aliphatic heterocycles. The molecule has 2 heterocycles. The lowest BCUT2D eigenvalue weighted by Crippen LogP contribution is -2.59. The Morgan fingerprint density at radius 3 is 2.12 bits per heavy atom. The summed E-state index contributed by atoms with van der Waals surface area (Å²) in [7, 11) is 8.52. The molecule has 0 unspecified atom stereocenters. The molecule has 2 aromatic rings. The van der Waals surface area contributed by atoms with Gasteiger partial charge in [-0.15, -0.1) is 5.10 Å². The Bertz CT molecular complexity index is 1660. The lowest BCUT2D eigenvalue weighted by molar-refractivity contribution is -0.148. The maximum atomic E-state index is 14.3. The number of benzene rings is 1. The number of hydrogen-bond donors (Lipinski definition) is 3. The Balaban J connectivity index is 1.80. The first-order valence-corrected chi connectivity index (χ1v) is 20.9. The Kier molecular flexibility index (Phi) is 18.9. The van der Waals surface area contributed by atoms with Crippen molar-refractivity contribution in [3.63, 3.8) is 0 Å². The van der Waals surface area contributed by atoms with Crippen molar-refractivity contribution in [3.05, 3.63) is 47.8 Å². The fourth-order valence-electron chi connectivity index (χ4n) is 8.52. The van der Waals surface area contributed by atoms with Crippen LogP contribution in [-0.2, 0) is 41.6 Å². The van der Waals surface area contributed by atoms with Crippen molar-refractivity contribution in [3.8, 4) is 0 Å². The molecule has 0 aliphatic carbocycles. The molecular weight excluding hydrogens is 757 g/mol. The van der Waals surface area contributed by atoms with Crippen LogP contribution in [0.1, 0.15) is 90.2 Å². The number of aromatic nitrogens is 3. The van der Waals surface area contributed by atoms with Gasteiger partial charge in [0.15, 0.2) is 5.69 Å². The summed E-state index contributed by atoms with van der Waals surface area (Å²) in [6, 6.07) is 7.12. The van der Waals surface area contributed by atoms with E-state index >= 15 is 0 Å². The van der Waals surface area contributed by atoms with Crippen molar-refractivity contribution >= 4 is 29.6 Å². The Morgan fingerprint density at radius 2 is 1.59 bits per heavy atom. The summed E-state index contributed by atoms with van der Waals surface area (Å²) in [5.74, 6) is -2.96. The topological polar surface area (TPSA) is 189 Å². The molecule has 0 bridgehead atoms. The van der Waals surface area contributed by atoms with Crippen LogP contribution in [0, 0.1) is 23.7 Å². The van der Waals surface area contributed by atoms with Crippen LogP contribution in [0.3, 0.4) is 0 Å². The maximum absolute atomic E-state index is 14.3. The summed E-state index contributed by atoms with van der Waals surface area (Å²) in [5.41, 5.74) is 0.783. The van der Waals surface area contributed by atoms with Gasteiger partial charge in [-0.3, -0.25) is 24.1 Å². The highest BCUT2D eigenvalue weighted by atomic mass is 16.5. The zero-order chi connectivity index (χ0) is 44.1. The number of amides is 4. The lowest BCUT2D eigenvalue weighted by atomic mass is 9.89.